The minimum Gasteiger partial charge on any atom is -0.483 e. The van der Waals surface area contributed by atoms with Crippen LogP contribution in [0.4, 0.5) is 5.69 Å². The normalized spacial score (nSPS) is 10.1. The smallest absolute Gasteiger partial charge is 0.262 e. The molecule has 0 aliphatic carbocycles. The van der Waals surface area contributed by atoms with Crippen LogP contribution >= 0.6 is 0 Å². The molecular weight excluding hydrogens is 280 g/mol. The van der Waals surface area contributed by atoms with Crippen molar-refractivity contribution in [2.75, 3.05) is 11.9 Å². The Morgan fingerprint density at radius 1 is 1.14 bits per heavy atom. The second-order valence-electron chi connectivity index (χ2n) is 5.02. The highest BCUT2D eigenvalue weighted by atomic mass is 16.5. The Bertz CT molecular complexity index is 711. The minimum absolute atomic E-state index is 0.141. The van der Waals surface area contributed by atoms with Crippen LogP contribution < -0.4 is 15.8 Å². The van der Waals surface area contributed by atoms with E-state index in [0.29, 0.717) is 11.4 Å². The first-order valence-electron chi connectivity index (χ1n) is 6.86. The molecule has 0 aliphatic rings. The fraction of sp³-hybridized carbons (Fsp3) is 0.176. The monoisotopic (exact) mass is 298 g/mol. The van der Waals surface area contributed by atoms with E-state index in [1.165, 1.54) is 0 Å². The molecule has 2 aromatic rings. The molecule has 0 saturated carbocycles. The lowest BCUT2D eigenvalue weighted by atomic mass is 10.1. The summed E-state index contributed by atoms with van der Waals surface area (Å²) in [7, 11) is 0. The van der Waals surface area contributed by atoms with E-state index in [4.69, 9.17) is 10.5 Å². The summed E-state index contributed by atoms with van der Waals surface area (Å²) in [6.45, 7) is 3.72. The highest BCUT2D eigenvalue weighted by Gasteiger charge is 2.11. The van der Waals surface area contributed by atoms with E-state index in [9.17, 15) is 9.59 Å². The van der Waals surface area contributed by atoms with Gasteiger partial charge in [-0.25, -0.2) is 0 Å². The number of ether oxygens (including phenoxy) is 1. The number of amides is 2. The zero-order valence-electron chi connectivity index (χ0n) is 12.6. The topological polar surface area (TPSA) is 81.4 Å². The summed E-state index contributed by atoms with van der Waals surface area (Å²) in [6, 6.07) is 12.4. The van der Waals surface area contributed by atoms with E-state index in [1.54, 1.807) is 24.3 Å². The number of primary amides is 1. The van der Waals surface area contributed by atoms with Gasteiger partial charge in [0.05, 0.1) is 11.3 Å². The van der Waals surface area contributed by atoms with Gasteiger partial charge in [-0.05, 0) is 43.2 Å². The van der Waals surface area contributed by atoms with Gasteiger partial charge in [0.15, 0.2) is 6.61 Å². The molecule has 0 atom stereocenters. The molecule has 0 fully saturated rings. The van der Waals surface area contributed by atoms with Crippen LogP contribution in [0.3, 0.4) is 0 Å². The van der Waals surface area contributed by atoms with Crippen LogP contribution in [0.15, 0.2) is 42.5 Å². The van der Waals surface area contributed by atoms with Crippen molar-refractivity contribution in [3.05, 3.63) is 59.2 Å². The zero-order chi connectivity index (χ0) is 16.1. The summed E-state index contributed by atoms with van der Waals surface area (Å²) in [5, 5.41) is 2.63. The predicted molar refractivity (Wildman–Crippen MR) is 85.0 cm³/mol. The molecule has 2 aromatic carbocycles. The highest BCUT2D eigenvalue weighted by molar-refractivity contribution is 6.03. The summed E-state index contributed by atoms with van der Waals surface area (Å²) >= 11 is 0. The summed E-state index contributed by atoms with van der Waals surface area (Å²) in [5.41, 5.74) is 7.93. The van der Waals surface area contributed by atoms with Crippen LogP contribution in [0.1, 0.15) is 21.5 Å². The Kier molecular flexibility index (Phi) is 4.78. The lowest BCUT2D eigenvalue weighted by Crippen LogP contribution is -2.23. The van der Waals surface area contributed by atoms with E-state index < -0.39 is 5.91 Å². The highest BCUT2D eigenvalue weighted by Crippen LogP contribution is 2.19. The predicted octanol–water partition coefficient (Wildman–Crippen LogP) is 2.42. The molecule has 114 valence electrons. The molecule has 0 heterocycles. The van der Waals surface area contributed by atoms with Crippen LogP contribution in [0.5, 0.6) is 5.75 Å². The number of aryl methyl sites for hydroxylation is 2. The first-order valence-corrected chi connectivity index (χ1v) is 6.86. The molecule has 0 spiro atoms. The lowest BCUT2D eigenvalue weighted by molar-refractivity contribution is -0.118. The number of anilines is 1. The summed E-state index contributed by atoms with van der Waals surface area (Å²) in [5.74, 6) is -0.278. The molecule has 22 heavy (non-hydrogen) atoms. The minimum atomic E-state index is -0.591. The van der Waals surface area contributed by atoms with Gasteiger partial charge in [-0.1, -0.05) is 24.3 Å². The zero-order valence-corrected chi connectivity index (χ0v) is 12.6. The average molecular weight is 298 g/mol. The fourth-order valence-corrected chi connectivity index (χ4v) is 2.00. The van der Waals surface area contributed by atoms with E-state index in [2.05, 4.69) is 5.32 Å². The molecule has 3 N–H and O–H groups in total. The molecule has 0 saturated heterocycles. The second-order valence-corrected chi connectivity index (χ2v) is 5.02. The van der Waals surface area contributed by atoms with Crippen LogP contribution in [0.2, 0.25) is 0 Å². The number of hydrogen-bond donors (Lipinski definition) is 2. The molecule has 2 rings (SSSR count). The molecule has 0 unspecified atom stereocenters. The maximum Gasteiger partial charge on any atom is 0.262 e. The first-order chi connectivity index (χ1) is 10.5. The average Bonchev–Trinajstić information content (AvgIpc) is 2.48. The molecule has 0 aliphatic heterocycles. The summed E-state index contributed by atoms with van der Waals surface area (Å²) in [6.07, 6.45) is 0. The van der Waals surface area contributed by atoms with Crippen LogP contribution in [0.25, 0.3) is 0 Å². The Hall–Kier alpha value is -2.82. The third kappa shape index (κ3) is 3.85. The van der Waals surface area contributed by atoms with Gasteiger partial charge >= 0.3 is 0 Å². The first kappa shape index (κ1) is 15.6. The van der Waals surface area contributed by atoms with Gasteiger partial charge in [-0.15, -0.1) is 0 Å². The van der Waals surface area contributed by atoms with Crippen molar-refractivity contribution in [3.63, 3.8) is 0 Å². The molecule has 2 amide bonds. The van der Waals surface area contributed by atoms with Gasteiger partial charge in [0.1, 0.15) is 5.75 Å². The standard InChI is InChI=1S/C17H18N2O3/c1-11-7-8-12(2)15(9-11)22-10-16(20)19-14-6-4-3-5-13(14)17(18)21/h3-9H,10H2,1-2H3,(H2,18,21)(H,19,20). The number of nitrogens with one attached hydrogen (secondary N) is 1. The summed E-state index contributed by atoms with van der Waals surface area (Å²) < 4.78 is 5.52. The second kappa shape index (κ2) is 6.76. The number of hydrogen-bond acceptors (Lipinski definition) is 3. The SMILES string of the molecule is Cc1ccc(C)c(OCC(=O)Nc2ccccc2C(N)=O)c1. The van der Waals surface area contributed by atoms with Crippen molar-refractivity contribution < 1.29 is 14.3 Å². The van der Waals surface area contributed by atoms with E-state index in [0.717, 1.165) is 11.1 Å². The van der Waals surface area contributed by atoms with Crippen LogP contribution in [-0.2, 0) is 4.79 Å². The number of carbonyl (C=O) groups excluding carboxylic acids is 2. The van der Waals surface area contributed by atoms with Gasteiger partial charge in [0, 0.05) is 0 Å². The van der Waals surface area contributed by atoms with Crippen molar-refractivity contribution in [2.24, 2.45) is 5.73 Å². The van der Waals surface area contributed by atoms with Crippen molar-refractivity contribution in [1.29, 1.82) is 0 Å². The molecule has 5 nitrogen and oxygen atoms in total. The molecule has 0 radical (unpaired) electrons. The van der Waals surface area contributed by atoms with E-state index in [-0.39, 0.29) is 18.1 Å². The summed E-state index contributed by atoms with van der Waals surface area (Å²) in [4.78, 5) is 23.3. The number of benzene rings is 2. The number of nitrogens with two attached hydrogens (primary N) is 1. The third-order valence-corrected chi connectivity index (χ3v) is 3.17. The van der Waals surface area contributed by atoms with Crippen molar-refractivity contribution in [3.8, 4) is 5.75 Å². The number of rotatable bonds is 5. The third-order valence-electron chi connectivity index (χ3n) is 3.17. The van der Waals surface area contributed by atoms with Crippen LogP contribution in [0, 0.1) is 13.8 Å². The number of para-hydroxylation sites is 1. The Morgan fingerprint density at radius 3 is 2.59 bits per heavy atom. The van der Waals surface area contributed by atoms with Crippen molar-refractivity contribution in [2.45, 2.75) is 13.8 Å². The molecule has 0 aromatic heterocycles. The van der Waals surface area contributed by atoms with Crippen molar-refractivity contribution in [1.82, 2.24) is 0 Å². The quantitative estimate of drug-likeness (QED) is 0.889. The maximum atomic E-state index is 12.0. The number of carbonyl (C=O) groups is 2. The molecular formula is C17H18N2O3. The Labute approximate surface area is 129 Å². The lowest BCUT2D eigenvalue weighted by Gasteiger charge is -2.11. The van der Waals surface area contributed by atoms with Gasteiger partial charge in [-0.3, -0.25) is 9.59 Å². The van der Waals surface area contributed by atoms with Gasteiger partial charge in [0.2, 0.25) is 0 Å². The fourth-order valence-electron chi connectivity index (χ4n) is 2.00. The largest absolute Gasteiger partial charge is 0.483 e. The van der Waals surface area contributed by atoms with Crippen molar-refractivity contribution >= 4 is 17.5 Å². The molecule has 5 heteroatoms. The molecule has 0 bridgehead atoms. The van der Waals surface area contributed by atoms with Crippen LogP contribution in [-0.4, -0.2) is 18.4 Å². The Morgan fingerprint density at radius 2 is 1.86 bits per heavy atom. The van der Waals surface area contributed by atoms with Gasteiger partial charge < -0.3 is 15.8 Å². The van der Waals surface area contributed by atoms with Gasteiger partial charge in [0.25, 0.3) is 11.8 Å². The maximum absolute atomic E-state index is 12.0. The Balaban J connectivity index is 2.02. The van der Waals surface area contributed by atoms with E-state index >= 15 is 0 Å². The van der Waals surface area contributed by atoms with Gasteiger partial charge in [-0.2, -0.15) is 0 Å². The van der Waals surface area contributed by atoms with E-state index in [1.807, 2.05) is 32.0 Å².